The van der Waals surface area contributed by atoms with Crippen LogP contribution in [0, 0.1) is 34.0 Å². The monoisotopic (exact) mass is 483 g/mol. The van der Waals surface area contributed by atoms with E-state index in [4.69, 9.17) is 0 Å². The summed E-state index contributed by atoms with van der Waals surface area (Å²) in [5, 5.41) is 28.6. The van der Waals surface area contributed by atoms with Crippen LogP contribution in [0.2, 0.25) is 0 Å². The topological polar surface area (TPSA) is 228 Å². The van der Waals surface area contributed by atoms with Crippen LogP contribution >= 0.6 is 0 Å². The van der Waals surface area contributed by atoms with Crippen LogP contribution in [0.4, 0.5) is 0 Å². The Labute approximate surface area is 199 Å². The molecule has 0 unspecified atom stereocenters. The molecular weight excluding hydrogens is 474 g/mol. The van der Waals surface area contributed by atoms with Crippen molar-refractivity contribution >= 4 is 51.0 Å². The van der Waals surface area contributed by atoms with Crippen molar-refractivity contribution in [1.29, 1.82) is 15.8 Å². The molecule has 0 N–H and O–H groups in total. The van der Waals surface area contributed by atoms with Crippen molar-refractivity contribution in [2.75, 3.05) is 21.3 Å². The van der Waals surface area contributed by atoms with Gasteiger partial charge in [-0.2, -0.15) is 15.8 Å². The molecule has 3 heterocycles. The van der Waals surface area contributed by atoms with Gasteiger partial charge in [0, 0.05) is 0 Å². The van der Waals surface area contributed by atoms with Gasteiger partial charge in [-0.25, -0.2) is 44.3 Å². The Morgan fingerprint density at radius 1 is 0.500 bits per heavy atom. The van der Waals surface area contributed by atoms with Crippen molar-refractivity contribution in [3.63, 3.8) is 0 Å². The van der Waals surface area contributed by atoms with Crippen molar-refractivity contribution < 1.29 is 28.6 Å². The summed E-state index contributed by atoms with van der Waals surface area (Å²) in [7, 11) is 3.21. The van der Waals surface area contributed by atoms with Crippen LogP contribution in [0.1, 0.15) is 48.5 Å². The lowest BCUT2D eigenvalue weighted by atomic mass is 10.1. The van der Waals surface area contributed by atoms with Crippen LogP contribution < -0.4 is 0 Å². The lowest BCUT2D eigenvalue weighted by Crippen LogP contribution is -2.14. The molecule has 0 atom stereocenters. The van der Waals surface area contributed by atoms with Gasteiger partial charge in [0.2, 0.25) is 0 Å². The van der Waals surface area contributed by atoms with E-state index in [2.05, 4.69) is 44.1 Å². The molecule has 174 valence electrons. The van der Waals surface area contributed by atoms with Crippen LogP contribution in [0.5, 0.6) is 0 Å². The summed E-state index contributed by atoms with van der Waals surface area (Å²) in [5.41, 5.74) is -3.75. The molecule has 15 nitrogen and oxygen atoms in total. The number of nitriles is 3. The van der Waals surface area contributed by atoms with Crippen LogP contribution in [0.3, 0.4) is 0 Å². The molecule has 15 heteroatoms. The van der Waals surface area contributed by atoms with Gasteiger partial charge in [-0.1, -0.05) is 0 Å². The van der Waals surface area contributed by atoms with Crippen LogP contribution in [0.15, 0.2) is 0 Å². The van der Waals surface area contributed by atoms with Gasteiger partial charge >= 0.3 is 17.9 Å². The zero-order valence-corrected chi connectivity index (χ0v) is 18.5. The zero-order valence-electron chi connectivity index (χ0n) is 18.5. The van der Waals surface area contributed by atoms with Crippen LogP contribution in [0.25, 0.3) is 33.1 Å². The quantitative estimate of drug-likeness (QED) is 0.219. The van der Waals surface area contributed by atoms with Gasteiger partial charge in [0.1, 0.15) is 51.3 Å². The molecule has 0 aliphatic rings. The Hall–Kier alpha value is -5.88. The Balaban J connectivity index is 2.35. The first-order valence-corrected chi connectivity index (χ1v) is 9.55. The Bertz CT molecular complexity index is 1560. The van der Waals surface area contributed by atoms with E-state index in [1.165, 1.54) is 0 Å². The number of carbonyl (C=O) groups excluding carboxylic acids is 3. The van der Waals surface area contributed by atoms with Gasteiger partial charge in [0.05, 0.1) is 21.3 Å². The number of hydrogen-bond donors (Lipinski definition) is 0. The molecule has 0 amide bonds. The average Bonchev–Trinajstić information content (AvgIpc) is 2.93. The third kappa shape index (κ3) is 3.39. The predicted molar refractivity (Wildman–Crippen MR) is 114 cm³/mol. The summed E-state index contributed by atoms with van der Waals surface area (Å²) >= 11 is 0. The largest absolute Gasteiger partial charge is 0.464 e. The van der Waals surface area contributed by atoms with E-state index in [-0.39, 0.29) is 33.1 Å². The standard InChI is InChI=1S/C21H9N9O6/c1-34-19(31)10-7(4-22)25-13-16(28-10)14-18(30-11(20(32)35-2)8(5-23)26-14)15-17(13)29-12(21(33)36-3)9(6-24)27-15/h1-3H3. The second kappa shape index (κ2) is 8.81. The summed E-state index contributed by atoms with van der Waals surface area (Å²) in [5.74, 6) is -2.97. The molecule has 0 saturated heterocycles. The molecule has 36 heavy (non-hydrogen) atoms. The highest BCUT2D eigenvalue weighted by molar-refractivity contribution is 6.19. The van der Waals surface area contributed by atoms with Crippen molar-refractivity contribution in [2.24, 2.45) is 0 Å². The maximum Gasteiger partial charge on any atom is 0.359 e. The molecule has 0 saturated carbocycles. The molecule has 0 aliphatic carbocycles. The third-order valence-corrected chi connectivity index (χ3v) is 4.81. The molecule has 0 aliphatic heterocycles. The molecule has 0 bridgehead atoms. The number of fused-ring (bicyclic) bond motifs is 6. The van der Waals surface area contributed by atoms with E-state index in [0.717, 1.165) is 21.3 Å². The maximum absolute atomic E-state index is 12.3. The number of aromatic nitrogens is 6. The molecule has 1 aromatic carbocycles. The highest BCUT2D eigenvalue weighted by Gasteiger charge is 2.27. The third-order valence-electron chi connectivity index (χ3n) is 4.81. The summed E-state index contributed by atoms with van der Waals surface area (Å²) < 4.78 is 14.0. The van der Waals surface area contributed by atoms with Crippen LogP contribution in [-0.4, -0.2) is 69.1 Å². The number of rotatable bonds is 3. The highest BCUT2D eigenvalue weighted by atomic mass is 16.5. The molecule has 4 rings (SSSR count). The Kier molecular flexibility index (Phi) is 5.70. The van der Waals surface area contributed by atoms with E-state index < -0.39 is 52.1 Å². The molecule has 4 aromatic rings. The minimum atomic E-state index is -0.991. The van der Waals surface area contributed by atoms with E-state index >= 15 is 0 Å². The number of nitrogens with zero attached hydrogens (tertiary/aromatic N) is 9. The average molecular weight is 483 g/mol. The first-order chi connectivity index (χ1) is 17.3. The lowest BCUT2D eigenvalue weighted by Gasteiger charge is -2.11. The minimum absolute atomic E-state index is 0.159. The van der Waals surface area contributed by atoms with Crippen molar-refractivity contribution in [3.05, 3.63) is 34.2 Å². The van der Waals surface area contributed by atoms with Gasteiger partial charge in [-0.05, 0) is 0 Å². The predicted octanol–water partition coefficient (Wildman–Crippen LogP) is 0.491. The summed E-state index contributed by atoms with van der Waals surface area (Å²) in [4.78, 5) is 61.7. The SMILES string of the molecule is COC(=O)c1nc2c(nc1C#N)c1nc(C(=O)OC)c(C#N)nc1c1nc(C(=O)OC)c(C#N)nc21. The van der Waals surface area contributed by atoms with Crippen molar-refractivity contribution in [2.45, 2.75) is 0 Å². The molecule has 0 spiro atoms. The maximum atomic E-state index is 12.3. The van der Waals surface area contributed by atoms with Crippen LogP contribution in [-0.2, 0) is 14.2 Å². The molecule has 3 aromatic heterocycles. The number of hydrogen-bond acceptors (Lipinski definition) is 15. The smallest absolute Gasteiger partial charge is 0.359 e. The first kappa shape index (κ1) is 23.3. The number of benzene rings is 1. The Morgan fingerprint density at radius 3 is 0.917 bits per heavy atom. The van der Waals surface area contributed by atoms with E-state index in [1.807, 2.05) is 0 Å². The summed E-state index contributed by atoms with van der Waals surface area (Å²) in [6.45, 7) is 0. The van der Waals surface area contributed by atoms with Crippen molar-refractivity contribution in [1.82, 2.24) is 29.9 Å². The Morgan fingerprint density at radius 2 is 0.722 bits per heavy atom. The molecular formula is C21H9N9O6. The number of carbonyl (C=O) groups is 3. The number of esters is 3. The summed E-state index contributed by atoms with van der Waals surface area (Å²) in [6.07, 6.45) is 0. The van der Waals surface area contributed by atoms with E-state index in [1.54, 1.807) is 18.2 Å². The lowest BCUT2D eigenvalue weighted by molar-refractivity contribution is 0.0585. The molecule has 0 radical (unpaired) electrons. The normalized spacial score (nSPS) is 10.3. The van der Waals surface area contributed by atoms with Gasteiger partial charge < -0.3 is 14.2 Å². The van der Waals surface area contributed by atoms with Crippen molar-refractivity contribution in [3.8, 4) is 18.2 Å². The minimum Gasteiger partial charge on any atom is -0.464 e. The summed E-state index contributed by atoms with van der Waals surface area (Å²) in [6, 6.07) is 5.17. The number of ether oxygens (including phenoxy) is 3. The van der Waals surface area contributed by atoms with Gasteiger partial charge in [-0.15, -0.1) is 0 Å². The van der Waals surface area contributed by atoms with Gasteiger partial charge in [0.25, 0.3) is 0 Å². The zero-order chi connectivity index (χ0) is 26.1. The fourth-order valence-electron chi connectivity index (χ4n) is 3.25. The van der Waals surface area contributed by atoms with E-state index in [0.29, 0.717) is 0 Å². The van der Waals surface area contributed by atoms with Gasteiger partial charge in [0.15, 0.2) is 34.2 Å². The molecule has 0 fully saturated rings. The fraction of sp³-hybridized carbons (Fsp3) is 0.143. The second-order valence-electron chi connectivity index (χ2n) is 6.66. The van der Waals surface area contributed by atoms with Gasteiger partial charge in [-0.3, -0.25) is 0 Å². The number of methoxy groups -OCH3 is 3. The van der Waals surface area contributed by atoms with E-state index in [9.17, 15) is 30.2 Å². The second-order valence-corrected chi connectivity index (χ2v) is 6.66. The first-order valence-electron chi connectivity index (χ1n) is 9.55. The highest BCUT2D eigenvalue weighted by Crippen LogP contribution is 2.31. The fourth-order valence-corrected chi connectivity index (χ4v) is 3.25.